The molecule has 0 aliphatic rings. The Labute approximate surface area is 121 Å². The number of aromatic nitrogens is 2. The average Bonchev–Trinajstić information content (AvgIpc) is 2.73. The zero-order valence-corrected chi connectivity index (χ0v) is 11.9. The quantitative estimate of drug-likeness (QED) is 0.585. The minimum atomic E-state index is 0.288. The van der Waals surface area contributed by atoms with Gasteiger partial charge in [-0.3, -0.25) is 0 Å². The molecule has 3 nitrogen and oxygen atoms in total. The minimum absolute atomic E-state index is 0.288. The second kappa shape index (κ2) is 5.59. The summed E-state index contributed by atoms with van der Waals surface area (Å²) in [5, 5.41) is 9.69. The molecule has 0 saturated heterocycles. The first-order chi connectivity index (χ1) is 8.10. The van der Waals surface area contributed by atoms with Crippen LogP contribution in [0.3, 0.4) is 0 Å². The maximum absolute atomic E-state index is 5.95. The summed E-state index contributed by atoms with van der Waals surface area (Å²) in [6.45, 7) is 0. The Morgan fingerprint density at radius 1 is 1.06 bits per heavy atom. The van der Waals surface area contributed by atoms with E-state index in [0.717, 1.165) is 0 Å². The normalized spacial score (nSPS) is 10.6. The fourth-order valence-electron chi connectivity index (χ4n) is 1.01. The Hall–Kier alpha value is -0.260. The summed E-state index contributed by atoms with van der Waals surface area (Å²) in [6.07, 6.45) is 0. The molecule has 1 aromatic heterocycles. The van der Waals surface area contributed by atoms with Gasteiger partial charge in [-0.1, -0.05) is 51.2 Å². The lowest BCUT2D eigenvalue weighted by molar-refractivity contribution is 0.473. The van der Waals surface area contributed by atoms with Crippen molar-refractivity contribution in [3.63, 3.8) is 0 Å². The van der Waals surface area contributed by atoms with E-state index < -0.39 is 0 Å². The van der Waals surface area contributed by atoms with Crippen LogP contribution in [0.4, 0.5) is 0 Å². The average molecular weight is 330 g/mol. The Bertz CT molecular complexity index is 546. The van der Waals surface area contributed by atoms with Gasteiger partial charge in [0.1, 0.15) is 5.01 Å². The molecule has 0 saturated carbocycles. The van der Waals surface area contributed by atoms with E-state index in [4.69, 9.17) is 51.1 Å². The van der Waals surface area contributed by atoms with Gasteiger partial charge in [0.05, 0.1) is 20.9 Å². The Kier molecular flexibility index (Phi) is 4.33. The van der Waals surface area contributed by atoms with E-state index in [1.165, 1.54) is 23.5 Å². The predicted molar refractivity (Wildman–Crippen MR) is 71.0 cm³/mol. The fourth-order valence-corrected chi connectivity index (χ4v) is 2.35. The molecule has 1 aromatic carbocycles. The first-order valence-electron chi connectivity index (χ1n) is 4.31. The van der Waals surface area contributed by atoms with Gasteiger partial charge < -0.3 is 4.74 Å². The SMILES string of the molecule is ClCc1nnc(Oc2cc(Cl)c(Cl)cc2Cl)s1. The third kappa shape index (κ3) is 3.14. The lowest BCUT2D eigenvalue weighted by atomic mass is 10.3. The van der Waals surface area contributed by atoms with Crippen molar-refractivity contribution < 1.29 is 4.74 Å². The summed E-state index contributed by atoms with van der Waals surface area (Å²) < 4.78 is 5.44. The largest absolute Gasteiger partial charge is 0.428 e. The summed E-state index contributed by atoms with van der Waals surface area (Å²) in [7, 11) is 0. The summed E-state index contributed by atoms with van der Waals surface area (Å²) >= 11 is 24.5. The summed E-state index contributed by atoms with van der Waals surface area (Å²) in [5.74, 6) is 0.661. The highest BCUT2D eigenvalue weighted by molar-refractivity contribution is 7.13. The van der Waals surface area contributed by atoms with Gasteiger partial charge in [-0.05, 0) is 6.07 Å². The van der Waals surface area contributed by atoms with E-state index in [0.29, 0.717) is 31.0 Å². The van der Waals surface area contributed by atoms with Crippen molar-refractivity contribution in [2.75, 3.05) is 0 Å². The monoisotopic (exact) mass is 328 g/mol. The molecule has 0 N–H and O–H groups in total. The number of halogens is 4. The highest BCUT2D eigenvalue weighted by atomic mass is 35.5. The molecule has 2 aromatic rings. The Morgan fingerprint density at radius 2 is 1.76 bits per heavy atom. The zero-order valence-electron chi connectivity index (χ0n) is 8.08. The van der Waals surface area contributed by atoms with Crippen molar-refractivity contribution in [1.29, 1.82) is 0 Å². The lowest BCUT2D eigenvalue weighted by Gasteiger charge is -2.05. The molecule has 0 amide bonds. The highest BCUT2D eigenvalue weighted by Gasteiger charge is 2.11. The van der Waals surface area contributed by atoms with Gasteiger partial charge in [-0.25, -0.2) is 0 Å². The van der Waals surface area contributed by atoms with E-state index in [2.05, 4.69) is 10.2 Å². The molecule has 0 atom stereocenters. The maximum Gasteiger partial charge on any atom is 0.299 e. The van der Waals surface area contributed by atoms with Crippen molar-refractivity contribution >= 4 is 57.7 Å². The van der Waals surface area contributed by atoms with Crippen molar-refractivity contribution in [2.45, 2.75) is 5.88 Å². The van der Waals surface area contributed by atoms with E-state index >= 15 is 0 Å². The standard InChI is InChI=1S/C9H4Cl4N2OS/c10-3-8-14-15-9(17-8)16-7-2-5(12)4(11)1-6(7)13/h1-2H,3H2. The number of benzene rings is 1. The number of rotatable bonds is 3. The van der Waals surface area contributed by atoms with E-state index in [1.807, 2.05) is 0 Å². The summed E-state index contributed by atoms with van der Waals surface area (Å²) in [4.78, 5) is 0. The van der Waals surface area contributed by atoms with Crippen LogP contribution in [-0.4, -0.2) is 10.2 Å². The van der Waals surface area contributed by atoms with Gasteiger partial charge in [0.25, 0.3) is 5.19 Å². The summed E-state index contributed by atoms with van der Waals surface area (Å²) in [6, 6.07) is 3.03. The van der Waals surface area contributed by atoms with Crippen LogP contribution in [0.1, 0.15) is 5.01 Å². The van der Waals surface area contributed by atoms with Gasteiger partial charge >= 0.3 is 0 Å². The van der Waals surface area contributed by atoms with Crippen molar-refractivity contribution in [2.24, 2.45) is 0 Å². The smallest absolute Gasteiger partial charge is 0.299 e. The molecular formula is C9H4Cl4N2OS. The van der Waals surface area contributed by atoms with Gasteiger partial charge in [0.15, 0.2) is 5.75 Å². The fraction of sp³-hybridized carbons (Fsp3) is 0.111. The first-order valence-corrected chi connectivity index (χ1v) is 6.79. The van der Waals surface area contributed by atoms with Crippen molar-refractivity contribution in [3.05, 3.63) is 32.2 Å². The van der Waals surface area contributed by atoms with Gasteiger partial charge in [0.2, 0.25) is 0 Å². The van der Waals surface area contributed by atoms with Crippen LogP contribution in [0.2, 0.25) is 15.1 Å². The number of nitrogens with zero attached hydrogens (tertiary/aromatic N) is 2. The summed E-state index contributed by atoms with van der Waals surface area (Å²) in [5.41, 5.74) is 0. The minimum Gasteiger partial charge on any atom is -0.428 e. The van der Waals surface area contributed by atoms with Crippen LogP contribution in [0.5, 0.6) is 10.9 Å². The molecule has 1 heterocycles. The highest BCUT2D eigenvalue weighted by Crippen LogP contribution is 2.37. The van der Waals surface area contributed by atoms with Crippen LogP contribution in [0, 0.1) is 0 Å². The Balaban J connectivity index is 2.26. The molecule has 0 spiro atoms. The van der Waals surface area contributed by atoms with Gasteiger partial charge in [-0.15, -0.1) is 16.7 Å². The van der Waals surface area contributed by atoms with E-state index in [1.54, 1.807) is 0 Å². The molecule has 0 radical (unpaired) electrons. The van der Waals surface area contributed by atoms with Crippen LogP contribution < -0.4 is 4.74 Å². The number of hydrogen-bond acceptors (Lipinski definition) is 4. The molecule has 0 fully saturated rings. The van der Waals surface area contributed by atoms with Crippen LogP contribution in [-0.2, 0) is 5.88 Å². The molecule has 0 aliphatic heterocycles. The van der Waals surface area contributed by atoms with Gasteiger partial charge in [-0.2, -0.15) is 0 Å². The third-order valence-electron chi connectivity index (χ3n) is 1.73. The van der Waals surface area contributed by atoms with Crippen LogP contribution in [0.25, 0.3) is 0 Å². The maximum atomic E-state index is 5.95. The van der Waals surface area contributed by atoms with E-state index in [-0.39, 0.29) is 5.88 Å². The molecule has 17 heavy (non-hydrogen) atoms. The molecule has 0 aliphatic carbocycles. The zero-order chi connectivity index (χ0) is 12.4. The van der Waals surface area contributed by atoms with Crippen molar-refractivity contribution in [1.82, 2.24) is 10.2 Å². The lowest BCUT2D eigenvalue weighted by Crippen LogP contribution is -1.85. The second-order valence-electron chi connectivity index (χ2n) is 2.89. The van der Waals surface area contributed by atoms with Crippen molar-refractivity contribution in [3.8, 4) is 10.9 Å². The van der Waals surface area contributed by atoms with Gasteiger partial charge in [0, 0.05) is 6.07 Å². The van der Waals surface area contributed by atoms with Crippen LogP contribution >= 0.6 is 57.7 Å². The van der Waals surface area contributed by atoms with E-state index in [9.17, 15) is 0 Å². The molecule has 90 valence electrons. The molecule has 0 unspecified atom stereocenters. The predicted octanol–water partition coefficient (Wildman–Crippen LogP) is 5.03. The second-order valence-corrected chi connectivity index (χ2v) is 5.41. The molecular weight excluding hydrogens is 326 g/mol. The molecule has 0 bridgehead atoms. The first kappa shape index (κ1) is 13.2. The number of ether oxygens (including phenoxy) is 1. The van der Waals surface area contributed by atoms with Crippen LogP contribution in [0.15, 0.2) is 12.1 Å². The number of alkyl halides is 1. The molecule has 2 rings (SSSR count). The Morgan fingerprint density at radius 3 is 2.41 bits per heavy atom. The number of hydrogen-bond donors (Lipinski definition) is 0. The third-order valence-corrected chi connectivity index (χ3v) is 3.97. The topological polar surface area (TPSA) is 35.0 Å². The molecule has 8 heteroatoms.